The van der Waals surface area contributed by atoms with Gasteiger partial charge in [0.25, 0.3) is 5.78 Å². The molecule has 0 N–H and O–H groups in total. The van der Waals surface area contributed by atoms with E-state index < -0.39 is 0 Å². The molecule has 3 heterocycles. The monoisotopic (exact) mass is 303 g/mol. The van der Waals surface area contributed by atoms with E-state index in [-0.39, 0.29) is 0 Å². The van der Waals surface area contributed by atoms with Gasteiger partial charge in [0.05, 0.1) is 12.3 Å². The largest absolute Gasteiger partial charge is 0.378 e. The van der Waals surface area contributed by atoms with Crippen molar-refractivity contribution >= 4 is 11.6 Å². The molecule has 2 aromatic heterocycles. The average Bonchev–Trinajstić information content (AvgIpc) is 3.17. The first kappa shape index (κ1) is 15.2. The molecule has 0 radical (unpaired) electrons. The Kier molecular flexibility index (Phi) is 4.57. The molecule has 1 aliphatic rings. The van der Waals surface area contributed by atoms with Crippen LogP contribution in [0.5, 0.6) is 0 Å². The van der Waals surface area contributed by atoms with Crippen LogP contribution in [-0.4, -0.2) is 39.8 Å². The summed E-state index contributed by atoms with van der Waals surface area (Å²) >= 11 is 0. The fourth-order valence-corrected chi connectivity index (χ4v) is 3.63. The summed E-state index contributed by atoms with van der Waals surface area (Å²) in [7, 11) is 1.69. The van der Waals surface area contributed by atoms with Crippen molar-refractivity contribution in [3.8, 4) is 0 Å². The molecular formula is C16H25N5O. The van der Waals surface area contributed by atoms with E-state index in [0.717, 1.165) is 36.4 Å². The molecule has 22 heavy (non-hydrogen) atoms. The van der Waals surface area contributed by atoms with Crippen LogP contribution in [0.2, 0.25) is 0 Å². The van der Waals surface area contributed by atoms with E-state index in [1.165, 1.54) is 19.3 Å². The number of hydrogen-bond acceptors (Lipinski definition) is 5. The van der Waals surface area contributed by atoms with Crippen molar-refractivity contribution in [2.45, 2.75) is 39.7 Å². The highest BCUT2D eigenvalue weighted by Gasteiger charge is 2.29. The maximum atomic E-state index is 5.23. The van der Waals surface area contributed by atoms with Crippen molar-refractivity contribution in [3.63, 3.8) is 0 Å². The zero-order valence-electron chi connectivity index (χ0n) is 13.7. The highest BCUT2D eigenvalue weighted by Crippen LogP contribution is 2.31. The first-order chi connectivity index (χ1) is 10.8. The smallest absolute Gasteiger partial charge is 0.254 e. The second kappa shape index (κ2) is 6.60. The van der Waals surface area contributed by atoms with E-state index in [4.69, 9.17) is 4.74 Å². The summed E-state index contributed by atoms with van der Waals surface area (Å²) in [6.45, 7) is 7.27. The molecule has 0 aromatic carbocycles. The minimum Gasteiger partial charge on any atom is -0.378 e. The predicted molar refractivity (Wildman–Crippen MR) is 85.9 cm³/mol. The van der Waals surface area contributed by atoms with Gasteiger partial charge in [-0.05, 0) is 18.3 Å². The van der Waals surface area contributed by atoms with Crippen LogP contribution in [0, 0.1) is 11.8 Å². The van der Waals surface area contributed by atoms with Gasteiger partial charge in [-0.2, -0.15) is 14.6 Å². The van der Waals surface area contributed by atoms with E-state index in [9.17, 15) is 0 Å². The van der Waals surface area contributed by atoms with Crippen LogP contribution < -0.4 is 4.90 Å². The number of fused-ring (bicyclic) bond motifs is 1. The minimum absolute atomic E-state index is 0.500. The number of hydrogen-bond donors (Lipinski definition) is 0. The van der Waals surface area contributed by atoms with Gasteiger partial charge in [-0.25, -0.2) is 4.98 Å². The highest BCUT2D eigenvalue weighted by molar-refractivity contribution is 5.48. The van der Waals surface area contributed by atoms with E-state index in [2.05, 4.69) is 39.9 Å². The summed E-state index contributed by atoms with van der Waals surface area (Å²) in [5.74, 6) is 3.32. The van der Waals surface area contributed by atoms with Crippen molar-refractivity contribution in [1.82, 2.24) is 19.6 Å². The topological polar surface area (TPSA) is 55.5 Å². The number of anilines is 1. The fourth-order valence-electron chi connectivity index (χ4n) is 3.63. The van der Waals surface area contributed by atoms with Crippen LogP contribution in [0.3, 0.4) is 0 Å². The molecule has 0 saturated carbocycles. The molecule has 1 unspecified atom stereocenters. The Balaban J connectivity index is 1.88. The van der Waals surface area contributed by atoms with Gasteiger partial charge in [-0.3, -0.25) is 0 Å². The summed E-state index contributed by atoms with van der Waals surface area (Å²) in [5.41, 5.74) is 0.906. The molecule has 6 nitrogen and oxygen atoms in total. The lowest BCUT2D eigenvalue weighted by Gasteiger charge is -2.23. The summed E-state index contributed by atoms with van der Waals surface area (Å²) in [4.78, 5) is 11.1. The van der Waals surface area contributed by atoms with Crippen molar-refractivity contribution in [3.05, 3.63) is 18.1 Å². The van der Waals surface area contributed by atoms with Crippen molar-refractivity contribution in [1.29, 1.82) is 0 Å². The zero-order valence-corrected chi connectivity index (χ0v) is 13.7. The fraction of sp³-hybridized carbons (Fsp3) is 0.688. The van der Waals surface area contributed by atoms with Gasteiger partial charge < -0.3 is 9.64 Å². The van der Waals surface area contributed by atoms with Gasteiger partial charge >= 0.3 is 0 Å². The minimum atomic E-state index is 0.500. The van der Waals surface area contributed by atoms with E-state index in [0.29, 0.717) is 12.4 Å². The Morgan fingerprint density at radius 2 is 2.18 bits per heavy atom. The summed E-state index contributed by atoms with van der Waals surface area (Å²) in [6.07, 6.45) is 5.35. The van der Waals surface area contributed by atoms with Crippen LogP contribution in [0.15, 0.2) is 12.4 Å². The summed E-state index contributed by atoms with van der Waals surface area (Å²) < 4.78 is 7.07. The average molecular weight is 303 g/mol. The van der Waals surface area contributed by atoms with Crippen LogP contribution in [0.1, 0.15) is 38.8 Å². The van der Waals surface area contributed by atoms with Crippen molar-refractivity contribution in [2.75, 3.05) is 25.1 Å². The Hall–Kier alpha value is -1.69. The van der Waals surface area contributed by atoms with Crippen LogP contribution >= 0.6 is 0 Å². The molecule has 3 rings (SSSR count). The van der Waals surface area contributed by atoms with Crippen molar-refractivity contribution in [2.24, 2.45) is 11.8 Å². The standard InChI is InChI=1S/C16H25N5O/c1-4-12(5-2)13-6-7-20(9-13)15-8-14(10-22-3)19-16-17-11-18-21(15)16/h8,11-13H,4-7,9-10H2,1-3H3. The lowest BCUT2D eigenvalue weighted by molar-refractivity contribution is 0.181. The third kappa shape index (κ3) is 2.79. The molecule has 120 valence electrons. The molecule has 0 bridgehead atoms. The number of ether oxygens (including phenoxy) is 1. The van der Waals surface area contributed by atoms with Gasteiger partial charge in [-0.1, -0.05) is 26.7 Å². The lowest BCUT2D eigenvalue weighted by atomic mass is 9.87. The quantitative estimate of drug-likeness (QED) is 0.821. The Morgan fingerprint density at radius 1 is 1.36 bits per heavy atom. The predicted octanol–water partition coefficient (Wildman–Crippen LogP) is 2.53. The maximum absolute atomic E-state index is 5.23. The molecule has 1 atom stereocenters. The third-order valence-electron chi connectivity index (χ3n) is 4.84. The summed E-state index contributed by atoms with van der Waals surface area (Å²) in [6, 6.07) is 2.08. The molecular weight excluding hydrogens is 278 g/mol. The highest BCUT2D eigenvalue weighted by atomic mass is 16.5. The molecule has 0 aliphatic carbocycles. The summed E-state index contributed by atoms with van der Waals surface area (Å²) in [5, 5.41) is 4.34. The molecule has 0 spiro atoms. The van der Waals surface area contributed by atoms with E-state index in [1.807, 2.05) is 4.52 Å². The van der Waals surface area contributed by atoms with Gasteiger partial charge in [0.2, 0.25) is 0 Å². The molecule has 1 fully saturated rings. The third-order valence-corrected chi connectivity index (χ3v) is 4.84. The molecule has 1 saturated heterocycles. The van der Waals surface area contributed by atoms with Gasteiger partial charge in [0, 0.05) is 26.3 Å². The number of rotatable bonds is 6. The van der Waals surface area contributed by atoms with Crippen molar-refractivity contribution < 1.29 is 4.74 Å². The van der Waals surface area contributed by atoms with E-state index in [1.54, 1.807) is 13.4 Å². The zero-order chi connectivity index (χ0) is 15.5. The van der Waals surface area contributed by atoms with Crippen LogP contribution in [0.4, 0.5) is 5.82 Å². The molecule has 0 amide bonds. The first-order valence-electron chi connectivity index (χ1n) is 8.20. The molecule has 1 aliphatic heterocycles. The number of aromatic nitrogens is 4. The van der Waals surface area contributed by atoms with Gasteiger partial charge in [0.15, 0.2) is 0 Å². The normalized spacial score (nSPS) is 18.7. The lowest BCUT2D eigenvalue weighted by Crippen LogP contribution is -2.25. The molecule has 6 heteroatoms. The maximum Gasteiger partial charge on any atom is 0.254 e. The Morgan fingerprint density at radius 3 is 2.91 bits per heavy atom. The second-order valence-electron chi connectivity index (χ2n) is 6.08. The molecule has 2 aromatic rings. The Labute approximate surface area is 131 Å². The number of methoxy groups -OCH3 is 1. The van der Waals surface area contributed by atoms with Gasteiger partial charge in [-0.15, -0.1) is 0 Å². The van der Waals surface area contributed by atoms with Crippen LogP contribution in [0.25, 0.3) is 5.78 Å². The van der Waals surface area contributed by atoms with E-state index >= 15 is 0 Å². The van der Waals surface area contributed by atoms with Gasteiger partial charge in [0.1, 0.15) is 12.1 Å². The van der Waals surface area contributed by atoms with Crippen LogP contribution in [-0.2, 0) is 11.3 Å². The number of nitrogens with zero attached hydrogens (tertiary/aromatic N) is 5. The second-order valence-corrected chi connectivity index (χ2v) is 6.08. The Bertz CT molecular complexity index is 622. The SMILES string of the molecule is CCC(CC)C1CCN(c2cc(COC)nc3ncnn23)C1. The first-order valence-corrected chi connectivity index (χ1v) is 8.20.